The van der Waals surface area contributed by atoms with Crippen LogP contribution >= 0.6 is 27.5 Å². The second kappa shape index (κ2) is 3.87. The van der Waals surface area contributed by atoms with E-state index in [9.17, 15) is 0 Å². The summed E-state index contributed by atoms with van der Waals surface area (Å²) in [4.78, 5) is 4.02. The number of fused-ring (bicyclic) bond motifs is 1. The Morgan fingerprint density at radius 2 is 2.33 bits per heavy atom. The maximum Gasteiger partial charge on any atom is 0.293 e. The smallest absolute Gasteiger partial charge is 0.293 e. The van der Waals surface area contributed by atoms with Crippen LogP contribution in [0.25, 0.3) is 16.9 Å². The summed E-state index contributed by atoms with van der Waals surface area (Å²) in [6.07, 6.45) is 0. The molecule has 1 aromatic heterocycles. The topological polar surface area (TPSA) is 35.3 Å². The molecule has 0 atom stereocenters. The van der Waals surface area contributed by atoms with E-state index in [0.29, 0.717) is 16.9 Å². The number of hydrogen-bond donors (Lipinski definition) is 0. The molecule has 0 saturated carbocycles. The molecule has 0 fully saturated rings. The van der Waals surface area contributed by atoms with Gasteiger partial charge in [-0.15, -0.1) is 0 Å². The van der Waals surface area contributed by atoms with Gasteiger partial charge in [0.05, 0.1) is 7.11 Å². The third-order valence-corrected chi connectivity index (χ3v) is 2.76. The van der Waals surface area contributed by atoms with E-state index in [2.05, 4.69) is 27.5 Å². The number of oxazole rings is 1. The fraction of sp³-hybridized carbons (Fsp3) is 0.100. The molecule has 0 aliphatic heterocycles. The molecule has 0 amide bonds. The molecule has 2 rings (SSSR count). The highest BCUT2D eigenvalue weighted by Crippen LogP contribution is 2.30. The molecule has 1 heterocycles. The summed E-state index contributed by atoms with van der Waals surface area (Å²) in [6, 6.07) is 3.64. The number of hydrogen-bond acceptors (Lipinski definition) is 3. The molecule has 0 radical (unpaired) electrons. The van der Waals surface area contributed by atoms with Gasteiger partial charge in [-0.3, -0.25) is 0 Å². The van der Waals surface area contributed by atoms with Crippen molar-refractivity contribution in [2.45, 2.75) is 0 Å². The Kier molecular flexibility index (Phi) is 2.71. The molecule has 0 saturated heterocycles. The molecule has 2 aromatic rings. The van der Waals surface area contributed by atoms with Crippen LogP contribution < -0.4 is 0 Å². The van der Waals surface area contributed by atoms with Gasteiger partial charge >= 0.3 is 0 Å². The second-order valence-corrected chi connectivity index (χ2v) is 4.08. The Labute approximate surface area is 99.8 Å². The van der Waals surface area contributed by atoms with Gasteiger partial charge in [-0.1, -0.05) is 6.58 Å². The van der Waals surface area contributed by atoms with Crippen molar-refractivity contribution < 1.29 is 9.15 Å². The van der Waals surface area contributed by atoms with E-state index in [1.165, 1.54) is 0 Å². The molecule has 0 N–H and O–H groups in total. The summed E-state index contributed by atoms with van der Waals surface area (Å²) in [5.41, 5.74) is 2.11. The van der Waals surface area contributed by atoms with E-state index in [-0.39, 0.29) is 5.35 Å². The molecule has 0 aliphatic carbocycles. The molecule has 0 bridgehead atoms. The van der Waals surface area contributed by atoms with Gasteiger partial charge in [0.15, 0.2) is 5.58 Å². The fourth-order valence-corrected chi connectivity index (χ4v) is 1.94. The molecule has 1 aromatic carbocycles. The van der Waals surface area contributed by atoms with Crippen molar-refractivity contribution in [2.24, 2.45) is 0 Å². The van der Waals surface area contributed by atoms with Gasteiger partial charge in [-0.2, -0.15) is 4.98 Å². The van der Waals surface area contributed by atoms with E-state index in [1.54, 1.807) is 13.2 Å². The lowest BCUT2D eigenvalue weighted by Gasteiger charge is -2.04. The summed E-state index contributed by atoms with van der Waals surface area (Å²) in [6.45, 7) is 3.76. The highest BCUT2D eigenvalue weighted by Gasteiger charge is 2.10. The quantitative estimate of drug-likeness (QED) is 0.787. The number of nitrogens with zero attached hydrogens (tertiary/aromatic N) is 1. The summed E-state index contributed by atoms with van der Waals surface area (Å²) in [7, 11) is 1.56. The van der Waals surface area contributed by atoms with Crippen LogP contribution in [0.5, 0.6) is 0 Å². The second-order valence-electron chi connectivity index (χ2n) is 2.90. The van der Waals surface area contributed by atoms with Crippen molar-refractivity contribution >= 4 is 44.4 Å². The summed E-state index contributed by atoms with van der Waals surface area (Å²) >= 11 is 9.05. The van der Waals surface area contributed by atoms with Crippen LogP contribution in [0.15, 0.2) is 27.6 Å². The minimum absolute atomic E-state index is 0.117. The van der Waals surface area contributed by atoms with Gasteiger partial charge in [0, 0.05) is 10.0 Å². The third kappa shape index (κ3) is 1.87. The van der Waals surface area contributed by atoms with Crippen molar-refractivity contribution in [3.05, 3.63) is 34.1 Å². The average molecular weight is 289 g/mol. The van der Waals surface area contributed by atoms with E-state index < -0.39 is 0 Å². The molecular formula is C10H7BrClNO2. The van der Waals surface area contributed by atoms with Crippen LogP contribution in [0.3, 0.4) is 0 Å². The van der Waals surface area contributed by atoms with E-state index in [0.717, 1.165) is 10.0 Å². The zero-order valence-electron chi connectivity index (χ0n) is 7.88. The predicted octanol–water partition coefficient (Wildman–Crippen LogP) is 3.86. The first-order chi connectivity index (χ1) is 7.11. The van der Waals surface area contributed by atoms with Crippen molar-refractivity contribution in [3.63, 3.8) is 0 Å². The van der Waals surface area contributed by atoms with Gasteiger partial charge in [0.25, 0.3) is 5.35 Å². The zero-order chi connectivity index (χ0) is 11.0. The average Bonchev–Trinajstić information content (AvgIpc) is 2.58. The maximum atomic E-state index is 5.67. The molecule has 5 heteroatoms. The number of aromatic nitrogens is 1. The van der Waals surface area contributed by atoms with Crippen LogP contribution in [0.2, 0.25) is 5.35 Å². The van der Waals surface area contributed by atoms with E-state index in [4.69, 9.17) is 20.8 Å². The Bertz CT molecular complexity index is 535. The van der Waals surface area contributed by atoms with Crippen LogP contribution in [-0.4, -0.2) is 12.1 Å². The number of ether oxygens (including phenoxy) is 1. The third-order valence-electron chi connectivity index (χ3n) is 1.99. The number of benzene rings is 1. The molecule has 3 nitrogen and oxygen atoms in total. The Balaban J connectivity index is 2.66. The van der Waals surface area contributed by atoms with Gasteiger partial charge in [-0.05, 0) is 39.7 Å². The highest BCUT2D eigenvalue weighted by molar-refractivity contribution is 9.10. The normalized spacial score (nSPS) is 10.6. The molecule has 0 aliphatic rings. The number of halogens is 2. The Morgan fingerprint density at radius 3 is 3.00 bits per heavy atom. The van der Waals surface area contributed by atoms with Crippen molar-refractivity contribution in [1.82, 2.24) is 4.98 Å². The standard InChI is InChI=1S/C10H7BrClNO2/c1-5(14-2)6-3-7(11)9-8(4-6)15-10(12)13-9/h3-4H,1H2,2H3. The SMILES string of the molecule is C=C(OC)c1cc(Br)c2nc(Cl)oc2c1. The Hall–Kier alpha value is -1.00. The van der Waals surface area contributed by atoms with Gasteiger partial charge in [0.2, 0.25) is 0 Å². The fourth-order valence-electron chi connectivity index (χ4n) is 1.24. The van der Waals surface area contributed by atoms with Gasteiger partial charge in [-0.25, -0.2) is 0 Å². The lowest BCUT2D eigenvalue weighted by molar-refractivity contribution is 0.371. The first-order valence-corrected chi connectivity index (χ1v) is 5.28. The lowest BCUT2D eigenvalue weighted by atomic mass is 10.2. The monoisotopic (exact) mass is 287 g/mol. The van der Waals surface area contributed by atoms with Crippen LogP contribution in [0.1, 0.15) is 5.56 Å². The molecule has 78 valence electrons. The molecule has 0 spiro atoms. The largest absolute Gasteiger partial charge is 0.497 e. The zero-order valence-corrected chi connectivity index (χ0v) is 10.2. The van der Waals surface area contributed by atoms with Gasteiger partial charge < -0.3 is 9.15 Å². The van der Waals surface area contributed by atoms with E-state index >= 15 is 0 Å². The predicted molar refractivity (Wildman–Crippen MR) is 62.8 cm³/mol. The first-order valence-electron chi connectivity index (χ1n) is 4.10. The number of methoxy groups -OCH3 is 1. The van der Waals surface area contributed by atoms with Crippen molar-refractivity contribution in [2.75, 3.05) is 7.11 Å². The summed E-state index contributed by atoms with van der Waals surface area (Å²) < 4.78 is 11.0. The highest BCUT2D eigenvalue weighted by atomic mass is 79.9. The minimum Gasteiger partial charge on any atom is -0.497 e. The maximum absolute atomic E-state index is 5.67. The van der Waals surface area contributed by atoms with Crippen LogP contribution in [-0.2, 0) is 4.74 Å². The Morgan fingerprint density at radius 1 is 1.60 bits per heavy atom. The number of rotatable bonds is 2. The molecular weight excluding hydrogens is 281 g/mol. The van der Waals surface area contributed by atoms with Crippen molar-refractivity contribution in [3.8, 4) is 0 Å². The van der Waals surface area contributed by atoms with Crippen molar-refractivity contribution in [1.29, 1.82) is 0 Å². The molecule has 15 heavy (non-hydrogen) atoms. The van der Waals surface area contributed by atoms with Crippen LogP contribution in [0.4, 0.5) is 0 Å². The van der Waals surface area contributed by atoms with E-state index in [1.807, 2.05) is 6.07 Å². The van der Waals surface area contributed by atoms with Gasteiger partial charge in [0.1, 0.15) is 11.3 Å². The van der Waals surface area contributed by atoms with Crippen LogP contribution in [0, 0.1) is 0 Å². The summed E-state index contributed by atoms with van der Waals surface area (Å²) in [5, 5.41) is 0.117. The molecule has 0 unspecified atom stereocenters. The summed E-state index contributed by atoms with van der Waals surface area (Å²) in [5.74, 6) is 0.560. The lowest BCUT2D eigenvalue weighted by Crippen LogP contribution is -1.85. The first kappa shape index (κ1) is 10.5. The minimum atomic E-state index is 0.117.